The smallest absolute Gasteiger partial charge is 0.251 e. The van der Waals surface area contributed by atoms with Gasteiger partial charge in [-0.15, -0.1) is 10.2 Å². The second-order valence-corrected chi connectivity index (χ2v) is 6.46. The molecule has 0 radical (unpaired) electrons. The molecule has 1 aromatic carbocycles. The average molecular weight is 370 g/mol. The fourth-order valence-electron chi connectivity index (χ4n) is 2.72. The number of pyridine rings is 1. The summed E-state index contributed by atoms with van der Waals surface area (Å²) in [7, 11) is 0. The van der Waals surface area contributed by atoms with Gasteiger partial charge in [-0.25, -0.2) is 0 Å². The van der Waals surface area contributed by atoms with Crippen LogP contribution < -0.4 is 5.32 Å². The molecule has 3 aromatic rings. The van der Waals surface area contributed by atoms with Crippen LogP contribution in [0.5, 0.6) is 0 Å². The molecule has 3 rings (SSSR count). The van der Waals surface area contributed by atoms with E-state index in [1.54, 1.807) is 24.7 Å². The van der Waals surface area contributed by atoms with Crippen LogP contribution in [0, 0.1) is 0 Å². The van der Waals surface area contributed by atoms with Gasteiger partial charge in [0, 0.05) is 23.9 Å². The van der Waals surface area contributed by atoms with Crippen molar-refractivity contribution in [1.29, 1.82) is 0 Å². The van der Waals surface area contributed by atoms with E-state index in [0.29, 0.717) is 10.6 Å². The van der Waals surface area contributed by atoms with Crippen molar-refractivity contribution < 1.29 is 4.79 Å². The molecule has 1 N–H and O–H groups in total. The van der Waals surface area contributed by atoms with Crippen molar-refractivity contribution in [3.63, 3.8) is 0 Å². The molecule has 7 heteroatoms. The molecule has 26 heavy (non-hydrogen) atoms. The van der Waals surface area contributed by atoms with E-state index in [9.17, 15) is 4.79 Å². The predicted octanol–water partition coefficient (Wildman–Crippen LogP) is 3.89. The predicted molar refractivity (Wildman–Crippen MR) is 101 cm³/mol. The Bertz CT molecular complexity index is 891. The van der Waals surface area contributed by atoms with E-state index in [2.05, 4.69) is 27.4 Å². The molecule has 0 aliphatic rings. The van der Waals surface area contributed by atoms with Gasteiger partial charge in [-0.1, -0.05) is 30.7 Å². The summed E-state index contributed by atoms with van der Waals surface area (Å²) < 4.78 is 1.96. The largest absolute Gasteiger partial charge is 0.342 e. The van der Waals surface area contributed by atoms with Crippen LogP contribution >= 0.6 is 11.6 Å². The van der Waals surface area contributed by atoms with E-state index >= 15 is 0 Å². The summed E-state index contributed by atoms with van der Waals surface area (Å²) in [5.41, 5.74) is 2.18. The Balaban J connectivity index is 1.76. The van der Waals surface area contributed by atoms with Crippen molar-refractivity contribution in [3.8, 4) is 11.3 Å². The molecule has 0 saturated carbocycles. The Morgan fingerprint density at radius 3 is 2.88 bits per heavy atom. The summed E-state index contributed by atoms with van der Waals surface area (Å²) in [6.45, 7) is 4.81. The lowest BCUT2D eigenvalue weighted by Gasteiger charge is -2.15. The summed E-state index contributed by atoms with van der Waals surface area (Å²) in [5, 5.41) is 11.6. The molecule has 6 nitrogen and oxygen atoms in total. The second kappa shape index (κ2) is 8.10. The van der Waals surface area contributed by atoms with Crippen LogP contribution in [0.15, 0.2) is 48.9 Å². The first-order valence-corrected chi connectivity index (χ1v) is 8.87. The molecule has 0 spiro atoms. The zero-order chi connectivity index (χ0) is 18.5. The number of nitrogens with zero attached hydrogens (tertiary/aromatic N) is 4. The van der Waals surface area contributed by atoms with Gasteiger partial charge in [-0.2, -0.15) is 0 Å². The first-order chi connectivity index (χ1) is 12.6. The maximum atomic E-state index is 12.6. The van der Waals surface area contributed by atoms with Gasteiger partial charge in [0.15, 0.2) is 5.82 Å². The number of amides is 1. The molecule has 134 valence electrons. The average Bonchev–Trinajstić information content (AvgIpc) is 3.11. The van der Waals surface area contributed by atoms with Crippen molar-refractivity contribution in [2.45, 2.75) is 32.9 Å². The van der Waals surface area contributed by atoms with E-state index in [1.165, 1.54) is 0 Å². The normalized spacial score (nSPS) is 12.0. The number of rotatable bonds is 6. The van der Waals surface area contributed by atoms with Gasteiger partial charge in [-0.05, 0) is 37.6 Å². The van der Waals surface area contributed by atoms with Gasteiger partial charge in [-0.3, -0.25) is 9.78 Å². The number of aryl methyl sites for hydroxylation is 1. The van der Waals surface area contributed by atoms with Crippen LogP contribution in [0.4, 0.5) is 0 Å². The highest BCUT2D eigenvalue weighted by molar-refractivity contribution is 6.30. The fraction of sp³-hybridized carbons (Fsp3) is 0.263. The van der Waals surface area contributed by atoms with E-state index in [4.69, 9.17) is 11.6 Å². The Labute approximate surface area is 157 Å². The SMILES string of the molecule is CCCn1cnnc1[C@@H](C)NC(=O)c1cccc(-c2ccc(Cl)cn2)c1. The van der Waals surface area contributed by atoms with Crippen molar-refractivity contribution in [2.24, 2.45) is 0 Å². The number of carbonyl (C=O) groups excluding carboxylic acids is 1. The third-order valence-corrected chi connectivity index (χ3v) is 4.22. The van der Waals surface area contributed by atoms with Gasteiger partial charge in [0.05, 0.1) is 16.8 Å². The first kappa shape index (κ1) is 18.1. The molecule has 0 bridgehead atoms. The van der Waals surface area contributed by atoms with Crippen molar-refractivity contribution in [3.05, 3.63) is 65.3 Å². The van der Waals surface area contributed by atoms with Crippen LogP contribution in [0.25, 0.3) is 11.3 Å². The van der Waals surface area contributed by atoms with Crippen molar-refractivity contribution in [2.75, 3.05) is 0 Å². The first-order valence-electron chi connectivity index (χ1n) is 8.49. The Morgan fingerprint density at radius 1 is 1.31 bits per heavy atom. The number of hydrogen-bond donors (Lipinski definition) is 1. The van der Waals surface area contributed by atoms with Gasteiger partial charge in [0.25, 0.3) is 5.91 Å². The highest BCUT2D eigenvalue weighted by Crippen LogP contribution is 2.20. The van der Waals surface area contributed by atoms with E-state index in [1.807, 2.05) is 35.8 Å². The fourth-order valence-corrected chi connectivity index (χ4v) is 2.84. The summed E-state index contributed by atoms with van der Waals surface area (Å²) in [6.07, 6.45) is 4.25. The lowest BCUT2D eigenvalue weighted by Crippen LogP contribution is -2.28. The lowest BCUT2D eigenvalue weighted by molar-refractivity contribution is 0.0937. The maximum Gasteiger partial charge on any atom is 0.251 e. The topological polar surface area (TPSA) is 72.7 Å². The standard InChI is InChI=1S/C19H20ClN5O/c1-3-9-25-12-22-24-18(25)13(2)23-19(26)15-6-4-5-14(10-15)17-8-7-16(20)11-21-17/h4-8,10-13H,3,9H2,1-2H3,(H,23,26)/t13-/m1/s1. The Kier molecular flexibility index (Phi) is 5.63. The maximum absolute atomic E-state index is 12.6. The van der Waals surface area contributed by atoms with Crippen LogP contribution in [-0.4, -0.2) is 25.7 Å². The molecule has 2 heterocycles. The van der Waals surface area contributed by atoms with Crippen molar-refractivity contribution in [1.82, 2.24) is 25.1 Å². The molecule has 0 aliphatic heterocycles. The quantitative estimate of drug-likeness (QED) is 0.715. The highest BCUT2D eigenvalue weighted by atomic mass is 35.5. The molecule has 1 amide bonds. The zero-order valence-electron chi connectivity index (χ0n) is 14.7. The van der Waals surface area contributed by atoms with E-state index in [0.717, 1.165) is 30.0 Å². The zero-order valence-corrected chi connectivity index (χ0v) is 15.4. The molecule has 0 aliphatic carbocycles. The van der Waals surface area contributed by atoms with E-state index in [-0.39, 0.29) is 11.9 Å². The van der Waals surface area contributed by atoms with Gasteiger partial charge in [0.2, 0.25) is 0 Å². The van der Waals surface area contributed by atoms with E-state index < -0.39 is 0 Å². The van der Waals surface area contributed by atoms with Gasteiger partial charge < -0.3 is 9.88 Å². The second-order valence-electron chi connectivity index (χ2n) is 6.02. The molecule has 0 unspecified atom stereocenters. The molecular formula is C19H20ClN5O. The monoisotopic (exact) mass is 369 g/mol. The highest BCUT2D eigenvalue weighted by Gasteiger charge is 2.17. The number of aromatic nitrogens is 4. The number of hydrogen-bond acceptors (Lipinski definition) is 4. The van der Waals surface area contributed by atoms with Crippen LogP contribution in [0.1, 0.15) is 42.5 Å². The molecule has 2 aromatic heterocycles. The Hall–Kier alpha value is -2.73. The number of halogens is 1. The third kappa shape index (κ3) is 4.08. The van der Waals surface area contributed by atoms with Gasteiger partial charge >= 0.3 is 0 Å². The number of benzene rings is 1. The number of carbonyl (C=O) groups is 1. The lowest BCUT2D eigenvalue weighted by atomic mass is 10.1. The summed E-state index contributed by atoms with van der Waals surface area (Å²) in [4.78, 5) is 16.9. The minimum absolute atomic E-state index is 0.167. The number of nitrogens with one attached hydrogen (secondary N) is 1. The summed E-state index contributed by atoms with van der Waals surface area (Å²) in [6, 6.07) is 10.7. The molecule has 0 saturated heterocycles. The van der Waals surface area contributed by atoms with Crippen LogP contribution in [0.2, 0.25) is 5.02 Å². The molecular weight excluding hydrogens is 350 g/mol. The minimum atomic E-state index is -0.242. The molecule has 0 fully saturated rings. The van der Waals surface area contributed by atoms with Crippen LogP contribution in [0.3, 0.4) is 0 Å². The van der Waals surface area contributed by atoms with Crippen LogP contribution in [-0.2, 0) is 6.54 Å². The minimum Gasteiger partial charge on any atom is -0.342 e. The Morgan fingerprint density at radius 2 is 2.15 bits per heavy atom. The van der Waals surface area contributed by atoms with Gasteiger partial charge in [0.1, 0.15) is 6.33 Å². The summed E-state index contributed by atoms with van der Waals surface area (Å²) >= 11 is 5.88. The molecule has 1 atom stereocenters. The summed E-state index contributed by atoms with van der Waals surface area (Å²) in [5.74, 6) is 0.579. The van der Waals surface area contributed by atoms with Crippen molar-refractivity contribution >= 4 is 17.5 Å². The third-order valence-electron chi connectivity index (χ3n) is 3.99.